The second kappa shape index (κ2) is 13.1. The minimum Gasteiger partial charge on any atom is -0.483 e. The van der Waals surface area contributed by atoms with Gasteiger partial charge in [-0.2, -0.15) is 0 Å². The molecule has 0 aliphatic rings. The van der Waals surface area contributed by atoms with E-state index in [0.29, 0.717) is 17.2 Å². The molecule has 1 N–H and O–H groups in total. The Morgan fingerprint density at radius 1 is 0.895 bits per heavy atom. The minimum absolute atomic E-state index is 0.0232. The van der Waals surface area contributed by atoms with Gasteiger partial charge in [-0.25, -0.2) is 0 Å². The molecule has 4 rings (SSSR count). The number of carbonyl (C=O) groups excluding carboxylic acids is 2. The van der Waals surface area contributed by atoms with Gasteiger partial charge in [-0.15, -0.1) is 0 Å². The van der Waals surface area contributed by atoms with Gasteiger partial charge in [-0.3, -0.25) is 9.59 Å². The molecule has 0 bridgehead atoms. The first-order valence-electron chi connectivity index (χ1n) is 12.9. The topological polar surface area (TPSA) is 58.6 Å². The first-order chi connectivity index (χ1) is 18.5. The molecule has 6 heteroatoms. The molecule has 38 heavy (non-hydrogen) atoms. The Morgan fingerprint density at radius 3 is 2.34 bits per heavy atom. The summed E-state index contributed by atoms with van der Waals surface area (Å²) in [6, 6.07) is 30.0. The number of rotatable bonds is 11. The number of hydrogen-bond donors (Lipinski definition) is 1. The molecule has 0 aliphatic carbocycles. The van der Waals surface area contributed by atoms with Gasteiger partial charge in [0.05, 0.1) is 0 Å². The van der Waals surface area contributed by atoms with Crippen LogP contribution in [0.25, 0.3) is 10.8 Å². The van der Waals surface area contributed by atoms with Crippen molar-refractivity contribution in [3.8, 4) is 5.75 Å². The first-order valence-corrected chi connectivity index (χ1v) is 13.3. The number of nitrogens with one attached hydrogen (secondary N) is 1. The van der Waals surface area contributed by atoms with E-state index in [-0.39, 0.29) is 31.0 Å². The zero-order chi connectivity index (χ0) is 26.9. The summed E-state index contributed by atoms with van der Waals surface area (Å²) >= 11 is 6.49. The van der Waals surface area contributed by atoms with Crippen LogP contribution in [0.5, 0.6) is 5.75 Å². The Bertz CT molecular complexity index is 1370. The molecule has 0 unspecified atom stereocenters. The van der Waals surface area contributed by atoms with E-state index in [1.807, 2.05) is 105 Å². The van der Waals surface area contributed by atoms with Crippen molar-refractivity contribution >= 4 is 34.2 Å². The lowest BCUT2D eigenvalue weighted by Gasteiger charge is -2.32. The molecular weight excluding hydrogens is 496 g/mol. The van der Waals surface area contributed by atoms with Crippen LogP contribution >= 0.6 is 11.6 Å². The fourth-order valence-electron chi connectivity index (χ4n) is 4.35. The normalized spacial score (nSPS) is 12.5. The number of ether oxygens (including phenoxy) is 1. The van der Waals surface area contributed by atoms with E-state index in [1.54, 1.807) is 11.0 Å². The minimum atomic E-state index is -0.744. The average Bonchev–Trinajstić information content (AvgIpc) is 2.94. The van der Waals surface area contributed by atoms with Gasteiger partial charge < -0.3 is 15.0 Å². The molecule has 4 aromatic rings. The maximum absolute atomic E-state index is 13.8. The molecule has 2 atom stereocenters. The van der Waals surface area contributed by atoms with E-state index in [1.165, 1.54) is 0 Å². The van der Waals surface area contributed by atoms with Crippen LogP contribution in [-0.2, 0) is 22.6 Å². The van der Waals surface area contributed by atoms with Gasteiger partial charge in [-0.1, -0.05) is 103 Å². The second-order valence-electron chi connectivity index (χ2n) is 9.40. The smallest absolute Gasteiger partial charge is 0.261 e. The zero-order valence-electron chi connectivity index (χ0n) is 21.8. The number of benzene rings is 4. The van der Waals surface area contributed by atoms with Crippen LogP contribution in [0.2, 0.25) is 5.02 Å². The highest BCUT2D eigenvalue weighted by Crippen LogP contribution is 2.26. The summed E-state index contributed by atoms with van der Waals surface area (Å²) in [7, 11) is 0. The molecule has 0 spiro atoms. The maximum Gasteiger partial charge on any atom is 0.261 e. The van der Waals surface area contributed by atoms with Crippen LogP contribution < -0.4 is 10.1 Å². The van der Waals surface area contributed by atoms with E-state index in [0.717, 1.165) is 28.3 Å². The van der Waals surface area contributed by atoms with Gasteiger partial charge in [0.1, 0.15) is 11.8 Å². The molecular formula is C32H33ClN2O3. The van der Waals surface area contributed by atoms with Gasteiger partial charge >= 0.3 is 0 Å². The number of nitrogens with zero attached hydrogens (tertiary/aromatic N) is 1. The fraction of sp³-hybridized carbons (Fsp3) is 0.250. The summed E-state index contributed by atoms with van der Waals surface area (Å²) in [4.78, 5) is 29.0. The van der Waals surface area contributed by atoms with Gasteiger partial charge in [0, 0.05) is 29.4 Å². The fourth-order valence-corrected chi connectivity index (χ4v) is 4.54. The predicted molar refractivity (Wildman–Crippen MR) is 153 cm³/mol. The van der Waals surface area contributed by atoms with Crippen LogP contribution in [0, 0.1) is 0 Å². The summed E-state index contributed by atoms with van der Waals surface area (Å²) in [5.74, 6) is 0.129. The lowest BCUT2D eigenvalue weighted by molar-refractivity contribution is -0.143. The lowest BCUT2D eigenvalue weighted by atomic mass is 10.0. The van der Waals surface area contributed by atoms with E-state index in [9.17, 15) is 9.59 Å². The third-order valence-corrected chi connectivity index (χ3v) is 7.04. The van der Waals surface area contributed by atoms with Crippen molar-refractivity contribution in [3.63, 3.8) is 0 Å². The molecule has 5 nitrogen and oxygen atoms in total. The highest BCUT2D eigenvalue weighted by Gasteiger charge is 2.31. The largest absolute Gasteiger partial charge is 0.483 e. The molecule has 0 aliphatic heterocycles. The molecule has 2 amide bonds. The van der Waals surface area contributed by atoms with Crippen LogP contribution in [0.15, 0.2) is 97.1 Å². The molecule has 0 saturated heterocycles. The SMILES string of the molecule is CC[C@@H](C)NC(=O)[C@@H](Cc1ccccc1)N(Cc1ccccc1Cl)C(=O)COc1cccc2ccccc12. The summed E-state index contributed by atoms with van der Waals surface area (Å²) in [5, 5.41) is 5.57. The number of fused-ring (bicyclic) bond motifs is 1. The molecule has 196 valence electrons. The monoisotopic (exact) mass is 528 g/mol. The molecule has 0 fully saturated rings. The third kappa shape index (κ3) is 6.93. The molecule has 0 aromatic heterocycles. The predicted octanol–water partition coefficient (Wildman–Crippen LogP) is 6.43. The van der Waals surface area contributed by atoms with E-state index >= 15 is 0 Å². The van der Waals surface area contributed by atoms with Crippen molar-refractivity contribution in [3.05, 3.63) is 113 Å². The molecule has 0 heterocycles. The summed E-state index contributed by atoms with van der Waals surface area (Å²) in [6.45, 7) is 3.95. The van der Waals surface area contributed by atoms with E-state index in [2.05, 4.69) is 5.32 Å². The molecule has 0 radical (unpaired) electrons. The van der Waals surface area contributed by atoms with Crippen molar-refractivity contribution in [2.45, 2.75) is 45.3 Å². The molecule has 4 aromatic carbocycles. The summed E-state index contributed by atoms with van der Waals surface area (Å²) in [6.07, 6.45) is 1.15. The average molecular weight is 529 g/mol. The number of halogens is 1. The Hall–Kier alpha value is -3.83. The van der Waals surface area contributed by atoms with Crippen molar-refractivity contribution < 1.29 is 14.3 Å². The molecule has 0 saturated carbocycles. The summed E-state index contributed by atoms with van der Waals surface area (Å²) < 4.78 is 6.06. The van der Waals surface area contributed by atoms with Crippen molar-refractivity contribution in [2.75, 3.05) is 6.61 Å². The standard InChI is InChI=1S/C32H33ClN2O3/c1-3-23(2)34-32(37)29(20-24-12-5-4-6-13-24)35(21-26-15-8-10-18-28(26)33)31(36)22-38-30-19-11-16-25-14-7-9-17-27(25)30/h4-19,23,29H,3,20-22H2,1-2H3,(H,34,37)/t23-,29-/m1/s1. The highest BCUT2D eigenvalue weighted by molar-refractivity contribution is 6.31. The number of carbonyl (C=O) groups is 2. The summed E-state index contributed by atoms with van der Waals surface area (Å²) in [5.41, 5.74) is 1.73. The van der Waals surface area contributed by atoms with Crippen LogP contribution in [-0.4, -0.2) is 35.4 Å². The maximum atomic E-state index is 13.8. The second-order valence-corrected chi connectivity index (χ2v) is 9.81. The van der Waals surface area contributed by atoms with Gasteiger partial charge in [0.15, 0.2) is 6.61 Å². The van der Waals surface area contributed by atoms with Gasteiger partial charge in [-0.05, 0) is 42.0 Å². The number of hydrogen-bond acceptors (Lipinski definition) is 3. The van der Waals surface area contributed by atoms with Crippen molar-refractivity contribution in [2.24, 2.45) is 0 Å². The van der Waals surface area contributed by atoms with Crippen molar-refractivity contribution in [1.82, 2.24) is 10.2 Å². The Labute approximate surface area is 229 Å². The van der Waals surface area contributed by atoms with Crippen LogP contribution in [0.4, 0.5) is 0 Å². The van der Waals surface area contributed by atoms with E-state index in [4.69, 9.17) is 16.3 Å². The Balaban J connectivity index is 1.66. The lowest BCUT2D eigenvalue weighted by Crippen LogP contribution is -2.53. The van der Waals surface area contributed by atoms with Gasteiger partial charge in [0.25, 0.3) is 5.91 Å². The van der Waals surface area contributed by atoms with Crippen LogP contribution in [0.1, 0.15) is 31.4 Å². The first kappa shape index (κ1) is 27.2. The highest BCUT2D eigenvalue weighted by atomic mass is 35.5. The zero-order valence-corrected chi connectivity index (χ0v) is 22.5. The quantitative estimate of drug-likeness (QED) is 0.244. The van der Waals surface area contributed by atoms with Crippen molar-refractivity contribution in [1.29, 1.82) is 0 Å². The Kier molecular flexibility index (Phi) is 9.39. The van der Waals surface area contributed by atoms with Gasteiger partial charge in [0.2, 0.25) is 5.91 Å². The third-order valence-electron chi connectivity index (χ3n) is 6.67. The number of amides is 2. The van der Waals surface area contributed by atoms with E-state index < -0.39 is 6.04 Å². The Morgan fingerprint density at radius 2 is 1.58 bits per heavy atom. The van der Waals surface area contributed by atoms with Crippen LogP contribution in [0.3, 0.4) is 0 Å².